The van der Waals surface area contributed by atoms with Gasteiger partial charge in [-0.25, -0.2) is 0 Å². The van der Waals surface area contributed by atoms with Crippen LogP contribution in [0.15, 0.2) is 0 Å². The van der Waals surface area contributed by atoms with Crippen molar-refractivity contribution in [2.24, 2.45) is 5.92 Å². The first kappa shape index (κ1) is 14.0. The summed E-state index contributed by atoms with van der Waals surface area (Å²) in [6.45, 7) is 7.03. The molecule has 0 aliphatic heterocycles. The van der Waals surface area contributed by atoms with Crippen molar-refractivity contribution in [3.05, 3.63) is 0 Å². The van der Waals surface area contributed by atoms with Crippen molar-refractivity contribution in [2.45, 2.75) is 65.1 Å². The van der Waals surface area contributed by atoms with Gasteiger partial charge in [0.2, 0.25) is 0 Å². The molecule has 0 spiro atoms. The summed E-state index contributed by atoms with van der Waals surface area (Å²) in [6, 6.07) is 0. The average molecular weight is 242 g/mol. The molecule has 0 radical (unpaired) electrons. The Morgan fingerprint density at radius 3 is 2.00 bits per heavy atom. The number of carbonyl (C=O) groups excluding carboxylic acids is 2. The molecule has 1 fully saturated rings. The molecule has 1 aliphatic rings. The van der Waals surface area contributed by atoms with Crippen LogP contribution in [0.5, 0.6) is 0 Å². The van der Waals surface area contributed by atoms with E-state index >= 15 is 0 Å². The number of rotatable bonds is 2. The second kappa shape index (κ2) is 5.52. The van der Waals surface area contributed by atoms with Crippen molar-refractivity contribution in [3.63, 3.8) is 0 Å². The highest BCUT2D eigenvalue weighted by Crippen LogP contribution is 2.28. The Morgan fingerprint density at radius 1 is 1.06 bits per heavy atom. The maximum atomic E-state index is 11.8. The van der Waals surface area contributed by atoms with Gasteiger partial charge in [-0.05, 0) is 46.5 Å². The maximum Gasteiger partial charge on any atom is 0.309 e. The molecule has 17 heavy (non-hydrogen) atoms. The minimum absolute atomic E-state index is 0.0220. The number of esters is 2. The predicted octanol–water partition coefficient (Wildman–Crippen LogP) is 2.45. The third-order valence-electron chi connectivity index (χ3n) is 2.75. The maximum absolute atomic E-state index is 11.8. The Balaban J connectivity index is 2.36. The first-order valence-corrected chi connectivity index (χ1v) is 6.18. The van der Waals surface area contributed by atoms with Crippen molar-refractivity contribution < 1.29 is 19.1 Å². The fourth-order valence-corrected chi connectivity index (χ4v) is 2.04. The van der Waals surface area contributed by atoms with E-state index in [1.54, 1.807) is 0 Å². The standard InChI is InChI=1S/C13H22O4/c1-9(14)16-11-7-5-10(6-8-11)12(15)17-13(2,3)4/h10-11H,5-8H2,1-4H3. The van der Waals surface area contributed by atoms with Crippen molar-refractivity contribution in [1.29, 1.82) is 0 Å². The predicted molar refractivity (Wildman–Crippen MR) is 63.4 cm³/mol. The molecule has 0 atom stereocenters. The summed E-state index contributed by atoms with van der Waals surface area (Å²) >= 11 is 0. The van der Waals surface area contributed by atoms with Gasteiger partial charge in [0.25, 0.3) is 0 Å². The zero-order valence-electron chi connectivity index (χ0n) is 11.1. The van der Waals surface area contributed by atoms with E-state index in [1.807, 2.05) is 20.8 Å². The van der Waals surface area contributed by atoms with E-state index in [-0.39, 0.29) is 24.0 Å². The molecule has 98 valence electrons. The summed E-state index contributed by atoms with van der Waals surface area (Å²) in [7, 11) is 0. The number of carbonyl (C=O) groups is 2. The summed E-state index contributed by atoms with van der Waals surface area (Å²) in [6.07, 6.45) is 2.97. The van der Waals surface area contributed by atoms with Crippen molar-refractivity contribution in [1.82, 2.24) is 0 Å². The SMILES string of the molecule is CC(=O)OC1CCC(C(=O)OC(C)(C)C)CC1. The fraction of sp³-hybridized carbons (Fsp3) is 0.846. The largest absolute Gasteiger partial charge is 0.463 e. The molecule has 0 N–H and O–H groups in total. The van der Waals surface area contributed by atoms with Gasteiger partial charge in [-0.2, -0.15) is 0 Å². The molecule has 1 aliphatic carbocycles. The van der Waals surface area contributed by atoms with Crippen LogP contribution < -0.4 is 0 Å². The summed E-state index contributed by atoms with van der Waals surface area (Å²) in [5.74, 6) is -0.412. The summed E-state index contributed by atoms with van der Waals surface area (Å²) in [4.78, 5) is 22.6. The summed E-state index contributed by atoms with van der Waals surface area (Å²) in [5, 5.41) is 0. The molecule has 0 saturated heterocycles. The van der Waals surface area contributed by atoms with Crippen molar-refractivity contribution in [2.75, 3.05) is 0 Å². The Hall–Kier alpha value is -1.06. The fourth-order valence-electron chi connectivity index (χ4n) is 2.04. The smallest absolute Gasteiger partial charge is 0.309 e. The van der Waals surface area contributed by atoms with Gasteiger partial charge in [-0.15, -0.1) is 0 Å². The van der Waals surface area contributed by atoms with E-state index in [9.17, 15) is 9.59 Å². The zero-order valence-corrected chi connectivity index (χ0v) is 11.1. The summed E-state index contributed by atoms with van der Waals surface area (Å²) < 4.78 is 10.5. The minimum Gasteiger partial charge on any atom is -0.463 e. The van der Waals surface area contributed by atoms with Crippen LogP contribution in [-0.2, 0) is 19.1 Å². The van der Waals surface area contributed by atoms with Gasteiger partial charge in [0.15, 0.2) is 0 Å². The molecule has 0 amide bonds. The molecule has 1 rings (SSSR count). The minimum atomic E-state index is -0.427. The lowest BCUT2D eigenvalue weighted by atomic mass is 9.87. The third kappa shape index (κ3) is 5.20. The quantitative estimate of drug-likeness (QED) is 0.698. The lowest BCUT2D eigenvalue weighted by Crippen LogP contribution is -2.32. The number of hydrogen-bond donors (Lipinski definition) is 0. The van der Waals surface area contributed by atoms with Crippen LogP contribution in [0.1, 0.15) is 53.4 Å². The molecule has 0 heterocycles. The van der Waals surface area contributed by atoms with E-state index in [2.05, 4.69) is 0 Å². The number of ether oxygens (including phenoxy) is 2. The van der Waals surface area contributed by atoms with Gasteiger partial charge < -0.3 is 9.47 Å². The normalized spacial score (nSPS) is 25.2. The molecule has 4 heteroatoms. The monoisotopic (exact) mass is 242 g/mol. The Morgan fingerprint density at radius 2 is 1.59 bits per heavy atom. The molecular weight excluding hydrogens is 220 g/mol. The summed E-state index contributed by atoms with van der Waals surface area (Å²) in [5.41, 5.74) is -0.427. The van der Waals surface area contributed by atoms with E-state index < -0.39 is 5.60 Å². The van der Waals surface area contributed by atoms with Crippen LogP contribution in [0, 0.1) is 5.92 Å². The molecule has 1 saturated carbocycles. The first-order chi connectivity index (χ1) is 7.78. The van der Waals surface area contributed by atoms with E-state index in [0.29, 0.717) is 0 Å². The van der Waals surface area contributed by atoms with Crippen molar-refractivity contribution in [3.8, 4) is 0 Å². The van der Waals surface area contributed by atoms with Crippen LogP contribution in [0.4, 0.5) is 0 Å². The van der Waals surface area contributed by atoms with Gasteiger partial charge in [0, 0.05) is 6.92 Å². The Bertz CT molecular complexity index is 282. The number of hydrogen-bond acceptors (Lipinski definition) is 4. The first-order valence-electron chi connectivity index (χ1n) is 6.18. The molecule has 0 bridgehead atoms. The van der Waals surface area contributed by atoms with Crippen LogP contribution in [0.25, 0.3) is 0 Å². The van der Waals surface area contributed by atoms with Gasteiger partial charge >= 0.3 is 11.9 Å². The Kier molecular flexibility index (Phi) is 4.54. The van der Waals surface area contributed by atoms with Crippen LogP contribution in [-0.4, -0.2) is 23.6 Å². The lowest BCUT2D eigenvalue weighted by molar-refractivity contribution is -0.162. The third-order valence-corrected chi connectivity index (χ3v) is 2.75. The average Bonchev–Trinajstić information content (AvgIpc) is 2.15. The molecule has 0 unspecified atom stereocenters. The second-order valence-electron chi connectivity index (χ2n) is 5.62. The Labute approximate surface area is 103 Å². The van der Waals surface area contributed by atoms with E-state index in [4.69, 9.17) is 9.47 Å². The van der Waals surface area contributed by atoms with E-state index in [0.717, 1.165) is 25.7 Å². The van der Waals surface area contributed by atoms with Crippen LogP contribution >= 0.6 is 0 Å². The molecule has 0 aromatic carbocycles. The highest BCUT2D eigenvalue weighted by molar-refractivity contribution is 5.73. The lowest BCUT2D eigenvalue weighted by Gasteiger charge is -2.29. The van der Waals surface area contributed by atoms with Crippen LogP contribution in [0.2, 0.25) is 0 Å². The van der Waals surface area contributed by atoms with Gasteiger partial charge in [0.1, 0.15) is 11.7 Å². The molecule has 0 aromatic heterocycles. The topological polar surface area (TPSA) is 52.6 Å². The molecular formula is C13H22O4. The van der Waals surface area contributed by atoms with E-state index in [1.165, 1.54) is 6.92 Å². The van der Waals surface area contributed by atoms with Gasteiger partial charge in [0.05, 0.1) is 5.92 Å². The molecule has 4 nitrogen and oxygen atoms in total. The van der Waals surface area contributed by atoms with Crippen molar-refractivity contribution >= 4 is 11.9 Å². The van der Waals surface area contributed by atoms with Crippen LogP contribution in [0.3, 0.4) is 0 Å². The zero-order chi connectivity index (χ0) is 13.1. The van der Waals surface area contributed by atoms with Gasteiger partial charge in [-0.3, -0.25) is 9.59 Å². The molecule has 0 aromatic rings. The highest BCUT2D eigenvalue weighted by atomic mass is 16.6. The second-order valence-corrected chi connectivity index (χ2v) is 5.62. The highest BCUT2D eigenvalue weighted by Gasteiger charge is 2.30. The van der Waals surface area contributed by atoms with Gasteiger partial charge in [-0.1, -0.05) is 0 Å².